The van der Waals surface area contributed by atoms with Crippen molar-refractivity contribution >= 4 is 17.5 Å². The molecule has 0 heterocycles. The molecule has 39 valence electrons. The van der Waals surface area contributed by atoms with Gasteiger partial charge in [0.15, 0.2) is 0 Å². The second-order valence-corrected chi connectivity index (χ2v) is 1.37. The van der Waals surface area contributed by atoms with Crippen LogP contribution in [0.3, 0.4) is 0 Å². The molecular formula is C4H5ClNO. The van der Waals surface area contributed by atoms with E-state index in [-0.39, 0.29) is 5.03 Å². The van der Waals surface area contributed by atoms with Gasteiger partial charge in [0, 0.05) is 7.05 Å². The molecule has 0 aromatic heterocycles. The predicted octanol–water partition coefficient (Wildman–Crippen LogP) is 0.647. The van der Waals surface area contributed by atoms with Gasteiger partial charge in [0.05, 0.1) is 5.03 Å². The molecule has 0 rings (SSSR count). The first kappa shape index (κ1) is 6.50. The molecule has 2 nitrogen and oxygen atoms in total. The van der Waals surface area contributed by atoms with E-state index in [4.69, 9.17) is 11.6 Å². The van der Waals surface area contributed by atoms with Crippen molar-refractivity contribution in [1.82, 2.24) is 5.32 Å². The molecule has 0 aromatic rings. The van der Waals surface area contributed by atoms with Crippen molar-refractivity contribution in [3.63, 3.8) is 0 Å². The number of nitrogens with one attached hydrogen (secondary N) is 1. The Labute approximate surface area is 47.2 Å². The van der Waals surface area contributed by atoms with Crippen molar-refractivity contribution in [1.29, 1.82) is 0 Å². The van der Waals surface area contributed by atoms with Gasteiger partial charge in [0.2, 0.25) is 0 Å². The normalized spacial score (nSPS) is 7.71. The van der Waals surface area contributed by atoms with Crippen molar-refractivity contribution in [3.8, 4) is 0 Å². The van der Waals surface area contributed by atoms with Gasteiger partial charge in [0.1, 0.15) is 0 Å². The lowest BCUT2D eigenvalue weighted by Gasteiger charge is -1.89. The number of hydrogen-bond acceptors (Lipinski definition) is 1. The Bertz CT molecular complexity index is 99.9. The van der Waals surface area contributed by atoms with Crippen LogP contribution in [0.15, 0.2) is 11.6 Å². The molecule has 3 heteroatoms. The molecule has 0 aliphatic carbocycles. The van der Waals surface area contributed by atoms with Crippen molar-refractivity contribution in [2.75, 3.05) is 0 Å². The maximum Gasteiger partial charge on any atom is 0.262 e. The minimum absolute atomic E-state index is 0.0463. The third-order valence-corrected chi connectivity index (χ3v) is 0.579. The summed E-state index contributed by atoms with van der Waals surface area (Å²) in [5.41, 5.74) is 0. The number of carbonyl (C=O) groups is 1. The highest BCUT2D eigenvalue weighted by Gasteiger charge is 1.95. The number of amides is 1. The first-order valence-corrected chi connectivity index (χ1v) is 1.98. The minimum atomic E-state index is -0.443. The van der Waals surface area contributed by atoms with Crippen LogP contribution in [0.2, 0.25) is 0 Å². The number of halogens is 1. The topological polar surface area (TPSA) is 29.1 Å². The van der Waals surface area contributed by atoms with Gasteiger partial charge in [0.25, 0.3) is 5.91 Å². The summed E-state index contributed by atoms with van der Waals surface area (Å²) in [5, 5.41) is 2.00. The van der Waals surface area contributed by atoms with E-state index in [1.807, 2.05) is 5.32 Å². The molecule has 0 saturated carbocycles. The second kappa shape index (κ2) is 2.64. The number of hydrogen-bond donors (Lipinski definition) is 1. The summed E-state index contributed by atoms with van der Waals surface area (Å²) in [6.45, 7) is 3.14. The standard InChI is InChI=1S/C4H5ClNO/c1-3(5)4(7)6-2/h1-2H2,(H,6,7). The van der Waals surface area contributed by atoms with Gasteiger partial charge < -0.3 is 5.32 Å². The van der Waals surface area contributed by atoms with E-state index < -0.39 is 5.91 Å². The Morgan fingerprint density at radius 1 is 1.71 bits per heavy atom. The molecule has 0 spiro atoms. The van der Waals surface area contributed by atoms with Crippen LogP contribution < -0.4 is 5.32 Å². The van der Waals surface area contributed by atoms with Crippen LogP contribution in [0.5, 0.6) is 0 Å². The summed E-state index contributed by atoms with van der Waals surface area (Å²) >= 11 is 5.08. The molecule has 1 amide bonds. The van der Waals surface area contributed by atoms with Gasteiger partial charge in [-0.15, -0.1) is 0 Å². The zero-order valence-corrected chi connectivity index (χ0v) is 4.46. The molecular weight excluding hydrogens is 114 g/mol. The van der Waals surface area contributed by atoms with Crippen LogP contribution >= 0.6 is 11.6 Å². The molecule has 7 heavy (non-hydrogen) atoms. The SMILES string of the molecule is [CH2]NC(=O)C(=C)Cl. The van der Waals surface area contributed by atoms with E-state index in [0.29, 0.717) is 0 Å². The Morgan fingerprint density at radius 3 is 2.14 bits per heavy atom. The maximum absolute atomic E-state index is 10.1. The van der Waals surface area contributed by atoms with Crippen LogP contribution in [0.25, 0.3) is 0 Å². The lowest BCUT2D eigenvalue weighted by Crippen LogP contribution is -2.14. The molecule has 0 unspecified atom stereocenters. The van der Waals surface area contributed by atoms with E-state index in [0.717, 1.165) is 0 Å². The van der Waals surface area contributed by atoms with Crippen LogP contribution in [0.4, 0.5) is 0 Å². The highest BCUT2D eigenvalue weighted by molar-refractivity contribution is 6.41. The summed E-state index contributed by atoms with van der Waals surface area (Å²) in [4.78, 5) is 10.1. The molecule has 0 fully saturated rings. The van der Waals surface area contributed by atoms with Crippen molar-refractivity contribution < 1.29 is 4.79 Å². The van der Waals surface area contributed by atoms with Gasteiger partial charge in [-0.05, 0) is 0 Å². The fraction of sp³-hybridized carbons (Fsp3) is 0. The highest BCUT2D eigenvalue weighted by Crippen LogP contribution is 1.93. The molecule has 0 aromatic carbocycles. The Kier molecular flexibility index (Phi) is 2.45. The summed E-state index contributed by atoms with van der Waals surface area (Å²) in [5.74, 6) is -0.443. The first-order chi connectivity index (χ1) is 3.18. The smallest absolute Gasteiger partial charge is 0.262 e. The maximum atomic E-state index is 10.1. The monoisotopic (exact) mass is 118 g/mol. The molecule has 0 aliphatic heterocycles. The molecule has 0 atom stereocenters. The van der Waals surface area contributed by atoms with Gasteiger partial charge in [-0.2, -0.15) is 0 Å². The van der Waals surface area contributed by atoms with Gasteiger partial charge in [-0.1, -0.05) is 18.2 Å². The summed E-state index contributed by atoms with van der Waals surface area (Å²) in [6, 6.07) is 0. The zero-order chi connectivity index (χ0) is 5.86. The van der Waals surface area contributed by atoms with E-state index in [1.165, 1.54) is 0 Å². The average molecular weight is 119 g/mol. The average Bonchev–Trinajstić information content (AvgIpc) is 1.65. The first-order valence-electron chi connectivity index (χ1n) is 1.60. The minimum Gasteiger partial charge on any atom is -0.350 e. The molecule has 0 bridgehead atoms. The van der Waals surface area contributed by atoms with Crippen molar-refractivity contribution in [2.45, 2.75) is 0 Å². The van der Waals surface area contributed by atoms with E-state index in [1.54, 1.807) is 0 Å². The Morgan fingerprint density at radius 2 is 2.14 bits per heavy atom. The van der Waals surface area contributed by atoms with E-state index >= 15 is 0 Å². The summed E-state index contributed by atoms with van der Waals surface area (Å²) in [7, 11) is 3.06. The van der Waals surface area contributed by atoms with Crippen LogP contribution in [0, 0.1) is 7.05 Å². The van der Waals surface area contributed by atoms with Crippen LogP contribution in [0.1, 0.15) is 0 Å². The molecule has 1 radical (unpaired) electrons. The van der Waals surface area contributed by atoms with Gasteiger partial charge in [-0.25, -0.2) is 0 Å². The van der Waals surface area contributed by atoms with Crippen molar-refractivity contribution in [2.24, 2.45) is 0 Å². The van der Waals surface area contributed by atoms with Crippen molar-refractivity contribution in [3.05, 3.63) is 18.7 Å². The largest absolute Gasteiger partial charge is 0.350 e. The molecule has 1 N–H and O–H groups in total. The molecule has 0 aliphatic rings. The number of carbonyl (C=O) groups excluding carboxylic acids is 1. The highest BCUT2D eigenvalue weighted by atomic mass is 35.5. The van der Waals surface area contributed by atoms with Gasteiger partial charge >= 0.3 is 0 Å². The summed E-state index contributed by atoms with van der Waals surface area (Å²) in [6.07, 6.45) is 0. The number of rotatable bonds is 1. The Hall–Kier alpha value is -0.500. The lowest BCUT2D eigenvalue weighted by molar-refractivity contribution is -0.116. The third-order valence-electron chi connectivity index (χ3n) is 0.407. The van der Waals surface area contributed by atoms with Crippen LogP contribution in [-0.4, -0.2) is 5.91 Å². The van der Waals surface area contributed by atoms with E-state index in [2.05, 4.69) is 13.6 Å². The lowest BCUT2D eigenvalue weighted by atomic mass is 10.6. The fourth-order valence-corrected chi connectivity index (χ4v) is 0.163. The third kappa shape index (κ3) is 2.23. The fourth-order valence-electron chi connectivity index (χ4n) is 0.0959. The predicted molar refractivity (Wildman–Crippen MR) is 28.5 cm³/mol. The second-order valence-electron chi connectivity index (χ2n) is 0.911. The van der Waals surface area contributed by atoms with Gasteiger partial charge in [-0.3, -0.25) is 4.79 Å². The Balaban J connectivity index is 3.58. The summed E-state index contributed by atoms with van der Waals surface area (Å²) < 4.78 is 0. The quantitative estimate of drug-likeness (QED) is 0.504. The zero-order valence-electron chi connectivity index (χ0n) is 3.70. The molecule has 0 saturated heterocycles. The van der Waals surface area contributed by atoms with E-state index in [9.17, 15) is 4.79 Å². The van der Waals surface area contributed by atoms with Crippen LogP contribution in [-0.2, 0) is 4.79 Å².